The van der Waals surface area contributed by atoms with Gasteiger partial charge in [-0.05, 0) is 36.6 Å². The third kappa shape index (κ3) is 3.16. The van der Waals surface area contributed by atoms with Gasteiger partial charge >= 0.3 is 0 Å². The second-order valence-electron chi connectivity index (χ2n) is 3.75. The first-order valence-corrected chi connectivity index (χ1v) is 5.34. The van der Waals surface area contributed by atoms with Gasteiger partial charge in [0.2, 0.25) is 0 Å². The highest BCUT2D eigenvalue weighted by Crippen LogP contribution is 2.25. The van der Waals surface area contributed by atoms with Gasteiger partial charge in [0, 0.05) is 6.04 Å². The van der Waals surface area contributed by atoms with Gasteiger partial charge in [-0.2, -0.15) is 0 Å². The Morgan fingerprint density at radius 1 is 1.47 bits per heavy atom. The van der Waals surface area contributed by atoms with Crippen LogP contribution in [0.4, 0.5) is 4.39 Å². The van der Waals surface area contributed by atoms with Crippen LogP contribution >= 0.6 is 11.6 Å². The molecule has 1 aromatic rings. The van der Waals surface area contributed by atoms with Gasteiger partial charge in [-0.15, -0.1) is 0 Å². The third-order valence-electron chi connectivity index (χ3n) is 2.56. The Morgan fingerprint density at radius 2 is 2.13 bits per heavy atom. The van der Waals surface area contributed by atoms with Crippen LogP contribution in [0.3, 0.4) is 0 Å². The Hall–Kier alpha value is -0.640. The summed E-state index contributed by atoms with van der Waals surface area (Å²) in [7, 11) is 0. The van der Waals surface area contributed by atoms with Crippen LogP contribution in [0.15, 0.2) is 18.2 Å². The van der Waals surface area contributed by atoms with Crippen molar-refractivity contribution in [2.45, 2.75) is 19.4 Å². The lowest BCUT2D eigenvalue weighted by molar-refractivity contribution is 0.444. The fourth-order valence-electron chi connectivity index (χ4n) is 1.49. The molecule has 2 unspecified atom stereocenters. The molecule has 0 heterocycles. The molecule has 0 spiro atoms. The number of benzene rings is 1. The zero-order chi connectivity index (χ0) is 11.4. The molecule has 0 radical (unpaired) electrons. The molecule has 2 atom stereocenters. The molecule has 1 rings (SSSR count). The summed E-state index contributed by atoms with van der Waals surface area (Å²) in [6.07, 6.45) is 0.843. The van der Waals surface area contributed by atoms with Crippen molar-refractivity contribution in [3.05, 3.63) is 34.6 Å². The van der Waals surface area contributed by atoms with Crippen molar-refractivity contribution in [1.82, 2.24) is 0 Å². The van der Waals surface area contributed by atoms with E-state index >= 15 is 0 Å². The van der Waals surface area contributed by atoms with Gasteiger partial charge in [0.25, 0.3) is 0 Å². The van der Waals surface area contributed by atoms with Gasteiger partial charge in [0.05, 0.1) is 5.02 Å². The molecule has 1 aromatic carbocycles. The van der Waals surface area contributed by atoms with Gasteiger partial charge in [0.15, 0.2) is 0 Å². The maximum Gasteiger partial charge on any atom is 0.141 e. The summed E-state index contributed by atoms with van der Waals surface area (Å²) in [5.41, 5.74) is 12.3. The molecule has 4 heteroatoms. The van der Waals surface area contributed by atoms with E-state index in [4.69, 9.17) is 23.1 Å². The van der Waals surface area contributed by atoms with Crippen molar-refractivity contribution in [3.63, 3.8) is 0 Å². The molecule has 0 aliphatic carbocycles. The molecule has 0 bridgehead atoms. The van der Waals surface area contributed by atoms with Crippen molar-refractivity contribution in [2.24, 2.45) is 17.4 Å². The van der Waals surface area contributed by atoms with Gasteiger partial charge in [0.1, 0.15) is 5.82 Å². The molecule has 2 nitrogen and oxygen atoms in total. The molecule has 0 aromatic heterocycles. The van der Waals surface area contributed by atoms with Crippen LogP contribution in [0.1, 0.15) is 24.9 Å². The van der Waals surface area contributed by atoms with Crippen LogP contribution in [-0.2, 0) is 0 Å². The average molecular weight is 231 g/mol. The van der Waals surface area contributed by atoms with Gasteiger partial charge in [-0.3, -0.25) is 0 Å². The summed E-state index contributed by atoms with van der Waals surface area (Å²) < 4.78 is 12.9. The molecule has 0 saturated heterocycles. The standard InChI is InChI=1S/C11H16ClFN2/c1-7(4-5-14)11(15)8-2-3-10(13)9(12)6-8/h2-3,6-7,11H,4-5,14-15H2,1H3. The predicted molar refractivity (Wildman–Crippen MR) is 61.2 cm³/mol. The first-order chi connectivity index (χ1) is 7.06. The Morgan fingerprint density at radius 3 is 2.67 bits per heavy atom. The zero-order valence-corrected chi connectivity index (χ0v) is 9.47. The molecular formula is C11H16ClFN2. The summed E-state index contributed by atoms with van der Waals surface area (Å²) >= 11 is 5.68. The van der Waals surface area contributed by atoms with Crippen LogP contribution in [0, 0.1) is 11.7 Å². The number of halogens is 2. The minimum absolute atomic E-state index is 0.114. The molecule has 4 N–H and O–H groups in total. The highest BCUT2D eigenvalue weighted by atomic mass is 35.5. The van der Waals surface area contributed by atoms with E-state index in [2.05, 4.69) is 0 Å². The number of hydrogen-bond acceptors (Lipinski definition) is 2. The summed E-state index contributed by atoms with van der Waals surface area (Å²) in [4.78, 5) is 0. The van der Waals surface area contributed by atoms with Gasteiger partial charge in [-0.1, -0.05) is 24.6 Å². The Kier molecular flexibility index (Phi) is 4.51. The van der Waals surface area contributed by atoms with E-state index in [1.807, 2.05) is 6.92 Å². The quantitative estimate of drug-likeness (QED) is 0.835. The second kappa shape index (κ2) is 5.45. The lowest BCUT2D eigenvalue weighted by atomic mass is 9.93. The fourth-order valence-corrected chi connectivity index (χ4v) is 1.68. The van der Waals surface area contributed by atoms with E-state index in [0.717, 1.165) is 12.0 Å². The maximum absolute atomic E-state index is 12.9. The maximum atomic E-state index is 12.9. The lowest BCUT2D eigenvalue weighted by Crippen LogP contribution is -2.21. The summed E-state index contributed by atoms with van der Waals surface area (Å²) in [5, 5.41) is 0.114. The normalized spacial score (nSPS) is 15.0. The molecule has 0 fully saturated rings. The smallest absolute Gasteiger partial charge is 0.141 e. The average Bonchev–Trinajstić information content (AvgIpc) is 2.21. The summed E-state index contributed by atoms with van der Waals surface area (Å²) in [5.74, 6) is -0.157. The van der Waals surface area contributed by atoms with Crippen molar-refractivity contribution in [3.8, 4) is 0 Å². The number of nitrogens with two attached hydrogens (primary N) is 2. The van der Waals surface area contributed by atoms with E-state index in [1.54, 1.807) is 12.1 Å². The molecule has 0 saturated carbocycles. The fraction of sp³-hybridized carbons (Fsp3) is 0.455. The Bertz CT molecular complexity index is 330. The van der Waals surface area contributed by atoms with Gasteiger partial charge in [-0.25, -0.2) is 4.39 Å². The minimum atomic E-state index is -0.418. The molecule has 0 aliphatic rings. The first-order valence-electron chi connectivity index (χ1n) is 4.97. The largest absolute Gasteiger partial charge is 0.330 e. The van der Waals surface area contributed by atoms with E-state index in [-0.39, 0.29) is 17.0 Å². The lowest BCUT2D eigenvalue weighted by Gasteiger charge is -2.19. The Balaban J connectivity index is 2.81. The number of hydrogen-bond donors (Lipinski definition) is 2. The predicted octanol–water partition coefficient (Wildman–Crippen LogP) is 2.46. The van der Waals surface area contributed by atoms with Crippen molar-refractivity contribution >= 4 is 11.6 Å². The van der Waals surface area contributed by atoms with E-state index < -0.39 is 5.82 Å². The highest BCUT2D eigenvalue weighted by molar-refractivity contribution is 6.30. The molecule has 15 heavy (non-hydrogen) atoms. The van der Waals surface area contributed by atoms with Crippen LogP contribution < -0.4 is 11.5 Å². The molecular weight excluding hydrogens is 215 g/mol. The van der Waals surface area contributed by atoms with Crippen molar-refractivity contribution in [2.75, 3.05) is 6.54 Å². The summed E-state index contributed by atoms with van der Waals surface area (Å²) in [6, 6.07) is 4.44. The monoisotopic (exact) mass is 230 g/mol. The second-order valence-corrected chi connectivity index (χ2v) is 4.16. The Labute approximate surface area is 94.4 Å². The molecule has 0 aliphatic heterocycles. The van der Waals surface area contributed by atoms with Crippen molar-refractivity contribution in [1.29, 1.82) is 0 Å². The summed E-state index contributed by atoms with van der Waals surface area (Å²) in [6.45, 7) is 2.62. The van der Waals surface area contributed by atoms with E-state index in [1.165, 1.54) is 6.07 Å². The molecule has 0 amide bonds. The number of rotatable bonds is 4. The third-order valence-corrected chi connectivity index (χ3v) is 2.85. The van der Waals surface area contributed by atoms with Gasteiger partial charge < -0.3 is 11.5 Å². The topological polar surface area (TPSA) is 52.0 Å². The SMILES string of the molecule is CC(CCN)C(N)c1ccc(F)c(Cl)c1. The highest BCUT2D eigenvalue weighted by Gasteiger charge is 2.15. The van der Waals surface area contributed by atoms with Crippen LogP contribution in [0.2, 0.25) is 5.02 Å². The van der Waals surface area contributed by atoms with Crippen molar-refractivity contribution < 1.29 is 4.39 Å². The van der Waals surface area contributed by atoms with E-state index in [9.17, 15) is 4.39 Å². The minimum Gasteiger partial charge on any atom is -0.330 e. The molecule has 84 valence electrons. The van der Waals surface area contributed by atoms with Crippen LogP contribution in [-0.4, -0.2) is 6.54 Å². The van der Waals surface area contributed by atoms with E-state index in [0.29, 0.717) is 6.54 Å². The first kappa shape index (κ1) is 12.4. The van der Waals surface area contributed by atoms with Crippen LogP contribution in [0.25, 0.3) is 0 Å². The van der Waals surface area contributed by atoms with Crippen LogP contribution in [0.5, 0.6) is 0 Å². The zero-order valence-electron chi connectivity index (χ0n) is 8.71.